The number of aliphatic imine (C=N–C) groups is 1. The van der Waals surface area contributed by atoms with Crippen LogP contribution >= 0.6 is 0 Å². The van der Waals surface area contributed by atoms with E-state index in [1.807, 2.05) is 0 Å². The minimum atomic E-state index is 0.144. The molecule has 2 aliphatic heterocycles. The summed E-state index contributed by atoms with van der Waals surface area (Å²) in [5, 5.41) is 0. The monoisotopic (exact) mass is 286 g/mol. The van der Waals surface area contributed by atoms with Crippen molar-refractivity contribution in [3.05, 3.63) is 35.9 Å². The zero-order valence-electron chi connectivity index (χ0n) is 13.0. The Morgan fingerprint density at radius 3 is 2.62 bits per heavy atom. The molecule has 2 fully saturated rings. The van der Waals surface area contributed by atoms with E-state index in [1.54, 1.807) is 0 Å². The number of hydrogen-bond donors (Lipinski definition) is 1. The molecule has 21 heavy (non-hydrogen) atoms. The second-order valence-electron chi connectivity index (χ2n) is 6.52. The first-order valence-electron chi connectivity index (χ1n) is 8.01. The molecule has 0 saturated carbocycles. The van der Waals surface area contributed by atoms with Crippen molar-refractivity contribution >= 4 is 5.96 Å². The van der Waals surface area contributed by atoms with Gasteiger partial charge in [-0.2, -0.15) is 0 Å². The fourth-order valence-electron chi connectivity index (χ4n) is 3.23. The largest absolute Gasteiger partial charge is 0.370 e. The Hall–Kier alpha value is -1.55. The highest BCUT2D eigenvalue weighted by Gasteiger charge is 2.36. The number of hydrogen-bond acceptors (Lipinski definition) is 2. The highest BCUT2D eigenvalue weighted by molar-refractivity contribution is 5.78. The van der Waals surface area contributed by atoms with Crippen LogP contribution in [0.5, 0.6) is 0 Å². The van der Waals surface area contributed by atoms with Crippen molar-refractivity contribution in [1.82, 2.24) is 9.80 Å². The van der Waals surface area contributed by atoms with Gasteiger partial charge in [0.15, 0.2) is 5.96 Å². The maximum atomic E-state index is 6.07. The van der Waals surface area contributed by atoms with Gasteiger partial charge < -0.3 is 10.6 Å². The van der Waals surface area contributed by atoms with Crippen molar-refractivity contribution in [3.8, 4) is 0 Å². The molecular weight excluding hydrogens is 260 g/mol. The Kier molecular flexibility index (Phi) is 4.15. The van der Waals surface area contributed by atoms with Crippen molar-refractivity contribution in [2.24, 2.45) is 10.7 Å². The summed E-state index contributed by atoms with van der Waals surface area (Å²) in [4.78, 5) is 9.40. The Balaban J connectivity index is 1.64. The summed E-state index contributed by atoms with van der Waals surface area (Å²) >= 11 is 0. The Morgan fingerprint density at radius 2 is 1.95 bits per heavy atom. The van der Waals surface area contributed by atoms with Gasteiger partial charge >= 0.3 is 0 Å². The van der Waals surface area contributed by atoms with E-state index in [2.05, 4.69) is 52.0 Å². The van der Waals surface area contributed by atoms with Crippen molar-refractivity contribution in [2.75, 3.05) is 26.2 Å². The minimum absolute atomic E-state index is 0.144. The Morgan fingerprint density at radius 1 is 1.19 bits per heavy atom. The molecule has 1 aromatic rings. The molecule has 2 aliphatic rings. The number of rotatable bonds is 4. The predicted octanol–water partition coefficient (Wildman–Crippen LogP) is 2.06. The summed E-state index contributed by atoms with van der Waals surface area (Å²) in [6, 6.07) is 10.7. The van der Waals surface area contributed by atoms with Crippen LogP contribution in [-0.4, -0.2) is 47.5 Å². The molecular formula is C17H26N4. The van der Waals surface area contributed by atoms with E-state index < -0.39 is 0 Å². The average Bonchev–Trinajstić information content (AvgIpc) is 2.78. The lowest BCUT2D eigenvalue weighted by molar-refractivity contribution is 0.155. The highest BCUT2D eigenvalue weighted by Crippen LogP contribution is 2.31. The second-order valence-corrected chi connectivity index (χ2v) is 6.52. The Labute approximate surface area is 127 Å². The van der Waals surface area contributed by atoms with Gasteiger partial charge in [0, 0.05) is 25.2 Å². The minimum Gasteiger partial charge on any atom is -0.370 e. The summed E-state index contributed by atoms with van der Waals surface area (Å²) in [6.07, 6.45) is 3.70. The van der Waals surface area contributed by atoms with Gasteiger partial charge in [-0.1, -0.05) is 30.3 Å². The molecule has 0 aromatic heterocycles. The maximum Gasteiger partial charge on any atom is 0.191 e. The Bertz CT molecular complexity index is 495. The second kappa shape index (κ2) is 6.06. The molecule has 2 N–H and O–H groups in total. The molecule has 2 heterocycles. The van der Waals surface area contributed by atoms with Gasteiger partial charge in [0.25, 0.3) is 0 Å². The summed E-state index contributed by atoms with van der Waals surface area (Å²) in [6.45, 7) is 7.44. The van der Waals surface area contributed by atoms with E-state index in [1.165, 1.54) is 24.8 Å². The smallest absolute Gasteiger partial charge is 0.191 e. The van der Waals surface area contributed by atoms with Gasteiger partial charge in [-0.25, -0.2) is 0 Å². The first-order chi connectivity index (χ1) is 10.2. The van der Waals surface area contributed by atoms with Gasteiger partial charge in [-0.3, -0.25) is 9.89 Å². The number of nitrogens with zero attached hydrogens (tertiary/aromatic N) is 3. The van der Waals surface area contributed by atoms with E-state index in [0.717, 1.165) is 38.7 Å². The molecule has 114 valence electrons. The third-order valence-corrected chi connectivity index (χ3v) is 4.88. The lowest BCUT2D eigenvalue weighted by Gasteiger charge is -2.36. The van der Waals surface area contributed by atoms with Gasteiger partial charge in [0.1, 0.15) is 0 Å². The van der Waals surface area contributed by atoms with Crippen LogP contribution in [0, 0.1) is 0 Å². The zero-order valence-corrected chi connectivity index (χ0v) is 13.0. The van der Waals surface area contributed by atoms with Gasteiger partial charge in [0.05, 0.1) is 6.54 Å². The number of likely N-dealkylation sites (tertiary alicyclic amines) is 2. The van der Waals surface area contributed by atoms with E-state index in [4.69, 9.17) is 5.73 Å². The summed E-state index contributed by atoms with van der Waals surface area (Å²) in [5.41, 5.74) is 7.60. The quantitative estimate of drug-likeness (QED) is 0.681. The molecule has 1 unspecified atom stereocenters. The third-order valence-electron chi connectivity index (χ3n) is 4.88. The number of benzene rings is 1. The van der Waals surface area contributed by atoms with Crippen molar-refractivity contribution in [2.45, 2.75) is 38.3 Å². The van der Waals surface area contributed by atoms with Crippen molar-refractivity contribution in [1.29, 1.82) is 0 Å². The lowest BCUT2D eigenvalue weighted by Crippen LogP contribution is -2.48. The number of nitrogens with two attached hydrogens (primary N) is 1. The molecule has 0 amide bonds. The molecule has 4 heteroatoms. The van der Waals surface area contributed by atoms with Crippen LogP contribution in [0.4, 0.5) is 0 Å². The van der Waals surface area contributed by atoms with Crippen molar-refractivity contribution < 1.29 is 0 Å². The SMILES string of the molecule is CC1(CN=C(N)N2CCC2)CCCN1Cc1ccccc1. The molecule has 1 aromatic carbocycles. The molecule has 1 atom stereocenters. The maximum absolute atomic E-state index is 6.07. The van der Waals surface area contributed by atoms with Crippen molar-refractivity contribution in [3.63, 3.8) is 0 Å². The molecule has 0 aliphatic carbocycles. The lowest BCUT2D eigenvalue weighted by atomic mass is 9.98. The van der Waals surface area contributed by atoms with Gasteiger partial charge in [-0.15, -0.1) is 0 Å². The summed E-state index contributed by atoms with van der Waals surface area (Å²) < 4.78 is 0. The van der Waals surface area contributed by atoms with Crippen LogP contribution in [0.1, 0.15) is 31.7 Å². The molecule has 0 bridgehead atoms. The van der Waals surface area contributed by atoms with Gasteiger partial charge in [0.2, 0.25) is 0 Å². The van der Waals surface area contributed by atoms with E-state index in [-0.39, 0.29) is 5.54 Å². The van der Waals surface area contributed by atoms with E-state index in [0.29, 0.717) is 0 Å². The van der Waals surface area contributed by atoms with E-state index in [9.17, 15) is 0 Å². The summed E-state index contributed by atoms with van der Waals surface area (Å²) in [5.74, 6) is 0.731. The van der Waals surface area contributed by atoms with Crippen LogP contribution < -0.4 is 5.73 Å². The summed E-state index contributed by atoms with van der Waals surface area (Å²) in [7, 11) is 0. The van der Waals surface area contributed by atoms with E-state index >= 15 is 0 Å². The normalized spacial score (nSPS) is 26.9. The molecule has 4 nitrogen and oxygen atoms in total. The average molecular weight is 286 g/mol. The number of guanidine groups is 1. The first-order valence-corrected chi connectivity index (χ1v) is 8.01. The first kappa shape index (κ1) is 14.4. The standard InChI is InChI=1S/C17H26N4/c1-17(14-19-16(18)20-10-6-11-20)9-5-12-21(17)13-15-7-3-2-4-8-15/h2-4,7-8H,5-6,9-14H2,1H3,(H2,18,19). The highest BCUT2D eigenvalue weighted by atomic mass is 15.3. The van der Waals surface area contributed by atoms with Crippen LogP contribution in [0.3, 0.4) is 0 Å². The van der Waals surface area contributed by atoms with Crippen LogP contribution in [0.2, 0.25) is 0 Å². The topological polar surface area (TPSA) is 44.9 Å². The van der Waals surface area contributed by atoms with Gasteiger partial charge in [-0.05, 0) is 38.3 Å². The third kappa shape index (κ3) is 3.21. The molecule has 0 spiro atoms. The van der Waals surface area contributed by atoms with Crippen LogP contribution in [0.25, 0.3) is 0 Å². The fraction of sp³-hybridized carbons (Fsp3) is 0.588. The fourth-order valence-corrected chi connectivity index (χ4v) is 3.23. The van der Waals surface area contributed by atoms with Crippen LogP contribution in [-0.2, 0) is 6.54 Å². The molecule has 2 saturated heterocycles. The van der Waals surface area contributed by atoms with Crippen LogP contribution in [0.15, 0.2) is 35.3 Å². The molecule has 3 rings (SSSR count). The predicted molar refractivity (Wildman–Crippen MR) is 87.2 cm³/mol. The zero-order chi connectivity index (χ0) is 14.7. The molecule has 0 radical (unpaired) electrons.